The number of thioether (sulfide) groups is 2. The number of hydrogen-bond acceptors (Lipinski definition) is 4. The van der Waals surface area contributed by atoms with Crippen LogP contribution >= 0.6 is 23.5 Å². The number of anilines is 1. The predicted molar refractivity (Wildman–Crippen MR) is 139 cm³/mol. The molecule has 0 radical (unpaired) electrons. The van der Waals surface area contributed by atoms with E-state index in [-0.39, 0.29) is 0 Å². The van der Waals surface area contributed by atoms with Gasteiger partial charge in [-0.2, -0.15) is 0 Å². The third-order valence-corrected chi connectivity index (χ3v) is 7.69. The van der Waals surface area contributed by atoms with Crippen LogP contribution in [-0.4, -0.2) is 50.1 Å². The molecular weight excluding hydrogens is 404 g/mol. The van der Waals surface area contributed by atoms with E-state index in [1.807, 2.05) is 37.4 Å². The van der Waals surface area contributed by atoms with Crippen molar-refractivity contribution in [3.63, 3.8) is 0 Å². The van der Waals surface area contributed by atoms with Crippen molar-refractivity contribution >= 4 is 29.2 Å². The molecule has 2 heterocycles. The zero-order valence-corrected chi connectivity index (χ0v) is 21.5. The minimum atomic E-state index is 0.836. The first kappa shape index (κ1) is 25.4. The fourth-order valence-electron chi connectivity index (χ4n) is 4.19. The molecule has 0 aliphatic carbocycles. The molecule has 3 rings (SSSR count). The normalized spacial score (nSPS) is 21.7. The minimum absolute atomic E-state index is 0.836. The van der Waals surface area contributed by atoms with Gasteiger partial charge >= 0.3 is 0 Å². The van der Waals surface area contributed by atoms with E-state index in [9.17, 15) is 0 Å². The smallest absolute Gasteiger partial charge is 0.0518 e. The molecule has 0 bridgehead atoms. The van der Waals surface area contributed by atoms with Crippen molar-refractivity contribution in [1.82, 2.24) is 4.90 Å². The average molecular weight is 447 g/mol. The molecular formula is C26H42N2S2. The third-order valence-electron chi connectivity index (χ3n) is 5.80. The van der Waals surface area contributed by atoms with E-state index in [4.69, 9.17) is 0 Å². The molecule has 30 heavy (non-hydrogen) atoms. The molecule has 4 heteroatoms. The van der Waals surface area contributed by atoms with Gasteiger partial charge in [0.05, 0.1) is 5.69 Å². The second-order valence-electron chi connectivity index (χ2n) is 8.12. The Morgan fingerprint density at radius 2 is 2.07 bits per heavy atom. The first-order valence-electron chi connectivity index (χ1n) is 11.8. The first-order valence-corrected chi connectivity index (χ1v) is 14.0. The van der Waals surface area contributed by atoms with E-state index in [0.29, 0.717) is 0 Å². The Morgan fingerprint density at radius 3 is 2.83 bits per heavy atom. The monoisotopic (exact) mass is 446 g/mol. The van der Waals surface area contributed by atoms with Gasteiger partial charge < -0.3 is 9.80 Å². The van der Waals surface area contributed by atoms with Crippen LogP contribution in [-0.2, 0) is 0 Å². The van der Waals surface area contributed by atoms with E-state index >= 15 is 0 Å². The van der Waals surface area contributed by atoms with Crippen molar-refractivity contribution in [2.75, 3.05) is 50.1 Å². The SMILES string of the molecule is CC.CC/C=C\C=C1/CSc2ccc(SC)cc2N(CCC2CCCCN(C)C2)C1. The highest BCUT2D eigenvalue weighted by Crippen LogP contribution is 2.38. The fourth-order valence-corrected chi connectivity index (χ4v) is 5.65. The van der Waals surface area contributed by atoms with Crippen molar-refractivity contribution in [2.24, 2.45) is 5.92 Å². The quantitative estimate of drug-likeness (QED) is 0.421. The zero-order valence-electron chi connectivity index (χ0n) is 19.8. The van der Waals surface area contributed by atoms with Gasteiger partial charge in [0.1, 0.15) is 0 Å². The van der Waals surface area contributed by atoms with Gasteiger partial charge in [0, 0.05) is 35.2 Å². The Balaban J connectivity index is 0.00000155. The fraction of sp³-hybridized carbons (Fsp3) is 0.615. The summed E-state index contributed by atoms with van der Waals surface area (Å²) in [7, 11) is 2.29. The highest BCUT2D eigenvalue weighted by Gasteiger charge is 2.21. The second-order valence-corrected chi connectivity index (χ2v) is 10.0. The van der Waals surface area contributed by atoms with Crippen LogP contribution in [0.5, 0.6) is 0 Å². The summed E-state index contributed by atoms with van der Waals surface area (Å²) in [5.41, 5.74) is 2.98. The highest BCUT2D eigenvalue weighted by molar-refractivity contribution is 7.99. The van der Waals surface area contributed by atoms with Gasteiger partial charge in [0.15, 0.2) is 0 Å². The van der Waals surface area contributed by atoms with Crippen LogP contribution in [0.25, 0.3) is 0 Å². The molecule has 0 aromatic heterocycles. The Kier molecular flexibility index (Phi) is 12.1. The van der Waals surface area contributed by atoms with E-state index in [0.717, 1.165) is 24.6 Å². The Hall–Kier alpha value is -0.840. The molecule has 0 amide bonds. The summed E-state index contributed by atoms with van der Waals surface area (Å²) in [6, 6.07) is 7.03. The molecule has 1 fully saturated rings. The van der Waals surface area contributed by atoms with Crippen molar-refractivity contribution in [3.05, 3.63) is 42.0 Å². The van der Waals surface area contributed by atoms with E-state index in [1.54, 1.807) is 0 Å². The van der Waals surface area contributed by atoms with Crippen molar-refractivity contribution < 1.29 is 0 Å². The van der Waals surface area contributed by atoms with Crippen LogP contribution in [0.15, 0.2) is 51.8 Å². The minimum Gasteiger partial charge on any atom is -0.367 e. The molecule has 0 saturated carbocycles. The van der Waals surface area contributed by atoms with Gasteiger partial charge in [-0.15, -0.1) is 23.5 Å². The molecule has 2 aliphatic heterocycles. The van der Waals surface area contributed by atoms with Gasteiger partial charge in [-0.3, -0.25) is 0 Å². The number of fused-ring (bicyclic) bond motifs is 1. The van der Waals surface area contributed by atoms with Gasteiger partial charge in [0.2, 0.25) is 0 Å². The van der Waals surface area contributed by atoms with Crippen molar-refractivity contribution in [2.45, 2.75) is 62.7 Å². The van der Waals surface area contributed by atoms with Crippen LogP contribution in [0.4, 0.5) is 5.69 Å². The van der Waals surface area contributed by atoms with Gasteiger partial charge in [-0.25, -0.2) is 0 Å². The Bertz CT molecular complexity index is 684. The van der Waals surface area contributed by atoms with E-state index in [1.165, 1.54) is 66.4 Å². The summed E-state index contributed by atoms with van der Waals surface area (Å²) in [4.78, 5) is 8.01. The van der Waals surface area contributed by atoms with Gasteiger partial charge in [-0.1, -0.05) is 45.4 Å². The molecule has 1 saturated heterocycles. The molecule has 1 atom stereocenters. The van der Waals surface area contributed by atoms with E-state index in [2.05, 4.69) is 66.5 Å². The predicted octanol–water partition coefficient (Wildman–Crippen LogP) is 7.36. The lowest BCUT2D eigenvalue weighted by Crippen LogP contribution is -2.31. The number of allylic oxidation sites excluding steroid dienone is 3. The van der Waals surface area contributed by atoms with Crippen LogP contribution in [0.3, 0.4) is 0 Å². The molecule has 2 nitrogen and oxygen atoms in total. The van der Waals surface area contributed by atoms with Gasteiger partial charge in [-0.05, 0) is 75.2 Å². The summed E-state index contributed by atoms with van der Waals surface area (Å²) in [6.07, 6.45) is 15.6. The first-order chi connectivity index (χ1) is 14.7. The Morgan fingerprint density at radius 1 is 1.23 bits per heavy atom. The summed E-state index contributed by atoms with van der Waals surface area (Å²) in [6.45, 7) is 11.0. The Labute approximate surface area is 194 Å². The summed E-state index contributed by atoms with van der Waals surface area (Å²) in [5, 5.41) is 0. The standard InChI is InChI=1S/C24H36N2S2.C2H6/c1-4-5-6-10-21-18-26(15-13-20-9-7-8-14-25(2)17-20)23-16-22(27-3)11-12-24(23)28-19-21;1-2/h5-6,10-12,16,20H,4,7-9,13-15,17-19H2,1-3H3;1-2H3/b6-5-,21-10-;. The maximum Gasteiger partial charge on any atom is 0.0518 e. The lowest BCUT2D eigenvalue weighted by molar-refractivity contribution is 0.291. The molecule has 168 valence electrons. The third kappa shape index (κ3) is 8.01. The molecule has 1 aromatic carbocycles. The summed E-state index contributed by atoms with van der Waals surface area (Å²) in [5.74, 6) is 1.94. The maximum absolute atomic E-state index is 2.66. The van der Waals surface area contributed by atoms with Crippen LogP contribution in [0.1, 0.15) is 52.9 Å². The second kappa shape index (κ2) is 14.3. The number of likely N-dealkylation sites (tertiary alicyclic amines) is 1. The van der Waals surface area contributed by atoms with Crippen LogP contribution in [0.2, 0.25) is 0 Å². The number of rotatable bonds is 6. The van der Waals surface area contributed by atoms with Crippen LogP contribution in [0, 0.1) is 5.92 Å². The summed E-state index contributed by atoms with van der Waals surface area (Å²) < 4.78 is 0. The van der Waals surface area contributed by atoms with Crippen LogP contribution < -0.4 is 4.90 Å². The largest absolute Gasteiger partial charge is 0.367 e. The molecule has 0 spiro atoms. The molecule has 1 unspecified atom stereocenters. The van der Waals surface area contributed by atoms with Crippen molar-refractivity contribution in [3.8, 4) is 0 Å². The maximum atomic E-state index is 2.66. The molecule has 1 aromatic rings. The van der Waals surface area contributed by atoms with Crippen molar-refractivity contribution in [1.29, 1.82) is 0 Å². The topological polar surface area (TPSA) is 6.48 Å². The average Bonchev–Trinajstić information content (AvgIpc) is 3.09. The van der Waals surface area contributed by atoms with E-state index < -0.39 is 0 Å². The zero-order chi connectivity index (χ0) is 21.8. The lowest BCUT2D eigenvalue weighted by Gasteiger charge is -2.28. The van der Waals surface area contributed by atoms with Gasteiger partial charge in [0.25, 0.3) is 0 Å². The lowest BCUT2D eigenvalue weighted by atomic mass is 9.99. The summed E-state index contributed by atoms with van der Waals surface area (Å²) >= 11 is 3.85. The highest BCUT2D eigenvalue weighted by atomic mass is 32.2. The number of hydrogen-bond donors (Lipinski definition) is 0. The number of nitrogens with zero attached hydrogens (tertiary/aromatic N) is 2. The molecule has 2 aliphatic rings. The molecule has 0 N–H and O–H groups in total. The number of benzene rings is 1.